The van der Waals surface area contributed by atoms with E-state index >= 15 is 0 Å². The lowest BCUT2D eigenvalue weighted by atomic mass is 9.99. The van der Waals surface area contributed by atoms with E-state index in [0.29, 0.717) is 0 Å². The van der Waals surface area contributed by atoms with Gasteiger partial charge in [-0.1, -0.05) is 42.5 Å². The predicted octanol–water partition coefficient (Wildman–Crippen LogP) is 1.79. The molecule has 3 N–H and O–H groups in total. The number of nitrogens with one attached hydrogen (secondary N) is 3. The van der Waals surface area contributed by atoms with Crippen LogP contribution in [-0.2, 0) is 13.0 Å². The Morgan fingerprint density at radius 3 is 2.96 bits per heavy atom. The molecule has 5 nitrogen and oxygen atoms in total. The van der Waals surface area contributed by atoms with Crippen LogP contribution in [0.2, 0.25) is 0 Å². The van der Waals surface area contributed by atoms with Crippen molar-refractivity contribution in [1.29, 1.82) is 5.26 Å². The molecule has 0 radical (unpaired) electrons. The smallest absolute Gasteiger partial charge is 0.130 e. The molecule has 2 unspecified atom stereocenters. The lowest BCUT2D eigenvalue weighted by Gasteiger charge is -2.20. The molecule has 116 valence electrons. The highest BCUT2D eigenvalue weighted by Gasteiger charge is 2.28. The first-order valence-corrected chi connectivity index (χ1v) is 7.92. The summed E-state index contributed by atoms with van der Waals surface area (Å²) in [6.45, 7) is 1.96. The van der Waals surface area contributed by atoms with Crippen molar-refractivity contribution in [2.45, 2.75) is 25.0 Å². The molecule has 0 saturated carbocycles. The fraction of sp³-hybridized carbons (Fsp3) is 0.278. The van der Waals surface area contributed by atoms with E-state index in [1.54, 1.807) is 0 Å². The van der Waals surface area contributed by atoms with E-state index < -0.39 is 0 Å². The van der Waals surface area contributed by atoms with Gasteiger partial charge in [0, 0.05) is 18.8 Å². The Kier molecular flexibility index (Phi) is 3.72. The third kappa shape index (κ3) is 2.68. The standard InChI is InChI=1S/C18H19N5/c19-11-16-18(21-22-20-16)15-6-3-4-13(10-15)12-23-9-8-14-5-1-2-7-17(14)23/h1-7,10,16,18,20-22H,8-9,12H2. The van der Waals surface area contributed by atoms with E-state index in [0.717, 1.165) is 25.1 Å². The van der Waals surface area contributed by atoms with Gasteiger partial charge in [-0.05, 0) is 29.2 Å². The normalized spacial score (nSPS) is 22.8. The van der Waals surface area contributed by atoms with Crippen LogP contribution in [0, 0.1) is 11.3 Å². The second-order valence-corrected chi connectivity index (χ2v) is 6.04. The maximum absolute atomic E-state index is 9.21. The highest BCUT2D eigenvalue weighted by atomic mass is 15.7. The quantitative estimate of drug-likeness (QED) is 0.807. The lowest BCUT2D eigenvalue weighted by Crippen LogP contribution is -2.32. The first kappa shape index (κ1) is 14.2. The fourth-order valence-electron chi connectivity index (χ4n) is 3.42. The highest BCUT2D eigenvalue weighted by molar-refractivity contribution is 5.58. The third-order valence-corrected chi connectivity index (χ3v) is 4.59. The Morgan fingerprint density at radius 1 is 1.13 bits per heavy atom. The molecule has 1 saturated heterocycles. The van der Waals surface area contributed by atoms with Gasteiger partial charge >= 0.3 is 0 Å². The summed E-state index contributed by atoms with van der Waals surface area (Å²) in [7, 11) is 0. The zero-order chi connectivity index (χ0) is 15.6. The monoisotopic (exact) mass is 305 g/mol. The molecule has 2 aromatic rings. The topological polar surface area (TPSA) is 63.1 Å². The van der Waals surface area contributed by atoms with Gasteiger partial charge in [0.25, 0.3) is 0 Å². The second kappa shape index (κ2) is 6.01. The number of rotatable bonds is 3. The number of hydrazine groups is 2. The van der Waals surface area contributed by atoms with Crippen molar-refractivity contribution in [3.05, 3.63) is 65.2 Å². The molecule has 2 aromatic carbocycles. The van der Waals surface area contributed by atoms with Crippen LogP contribution in [0.15, 0.2) is 48.5 Å². The lowest BCUT2D eigenvalue weighted by molar-refractivity contribution is 0.555. The van der Waals surface area contributed by atoms with Gasteiger partial charge in [-0.25, -0.2) is 10.9 Å². The van der Waals surface area contributed by atoms with Gasteiger partial charge < -0.3 is 4.90 Å². The second-order valence-electron chi connectivity index (χ2n) is 6.04. The fourth-order valence-corrected chi connectivity index (χ4v) is 3.42. The van der Waals surface area contributed by atoms with E-state index in [-0.39, 0.29) is 12.1 Å². The van der Waals surface area contributed by atoms with Crippen molar-refractivity contribution in [1.82, 2.24) is 16.4 Å². The van der Waals surface area contributed by atoms with Crippen LogP contribution >= 0.6 is 0 Å². The summed E-state index contributed by atoms with van der Waals surface area (Å²) in [6, 6.07) is 19.1. The van der Waals surface area contributed by atoms with E-state index in [2.05, 4.69) is 75.9 Å². The average molecular weight is 305 g/mol. The molecule has 5 heteroatoms. The number of fused-ring (bicyclic) bond motifs is 1. The third-order valence-electron chi connectivity index (χ3n) is 4.59. The van der Waals surface area contributed by atoms with Gasteiger partial charge in [0.1, 0.15) is 6.04 Å². The minimum Gasteiger partial charge on any atom is -0.367 e. The van der Waals surface area contributed by atoms with Crippen LogP contribution in [0.5, 0.6) is 0 Å². The maximum atomic E-state index is 9.21. The molecule has 0 aromatic heterocycles. The Hall–Kier alpha value is -2.39. The van der Waals surface area contributed by atoms with Gasteiger partial charge in [0.15, 0.2) is 0 Å². The number of hydrogen-bond donors (Lipinski definition) is 3. The van der Waals surface area contributed by atoms with Crippen LogP contribution in [0.1, 0.15) is 22.7 Å². The number of para-hydroxylation sites is 1. The van der Waals surface area contributed by atoms with Crippen LogP contribution in [-0.4, -0.2) is 12.6 Å². The average Bonchev–Trinajstić information content (AvgIpc) is 3.22. The number of hydrogen-bond acceptors (Lipinski definition) is 5. The van der Waals surface area contributed by atoms with E-state index in [1.807, 2.05) is 0 Å². The van der Waals surface area contributed by atoms with Gasteiger partial charge in [0.05, 0.1) is 12.1 Å². The molecule has 2 atom stereocenters. The van der Waals surface area contributed by atoms with Crippen molar-refractivity contribution in [3.8, 4) is 6.07 Å². The number of nitrogens with zero attached hydrogens (tertiary/aromatic N) is 2. The van der Waals surface area contributed by atoms with Gasteiger partial charge in [-0.15, -0.1) is 0 Å². The molecular weight excluding hydrogens is 286 g/mol. The van der Waals surface area contributed by atoms with Gasteiger partial charge in [-0.2, -0.15) is 10.8 Å². The maximum Gasteiger partial charge on any atom is 0.130 e. The Bertz CT molecular complexity index is 751. The van der Waals surface area contributed by atoms with E-state index in [9.17, 15) is 5.26 Å². The Labute approximate surface area is 135 Å². The molecular formula is C18H19N5. The van der Waals surface area contributed by atoms with E-state index in [1.165, 1.54) is 16.8 Å². The van der Waals surface area contributed by atoms with Crippen molar-refractivity contribution in [3.63, 3.8) is 0 Å². The van der Waals surface area contributed by atoms with Gasteiger partial charge in [0.2, 0.25) is 0 Å². The van der Waals surface area contributed by atoms with Gasteiger partial charge in [-0.3, -0.25) is 0 Å². The number of anilines is 1. The summed E-state index contributed by atoms with van der Waals surface area (Å²) in [4.78, 5) is 2.43. The minimum atomic E-state index is -0.266. The first-order valence-electron chi connectivity index (χ1n) is 7.92. The molecule has 1 fully saturated rings. The van der Waals surface area contributed by atoms with Crippen molar-refractivity contribution in [2.24, 2.45) is 0 Å². The molecule has 0 aliphatic carbocycles. The molecule has 2 aliphatic heterocycles. The molecule has 4 rings (SSSR count). The van der Waals surface area contributed by atoms with Crippen molar-refractivity contribution < 1.29 is 0 Å². The molecule has 2 heterocycles. The SMILES string of the molecule is N#CC1NNNC1c1cccc(CN2CCc3ccccc32)c1. The molecule has 0 bridgehead atoms. The summed E-state index contributed by atoms with van der Waals surface area (Å²) in [5, 5.41) is 9.21. The molecule has 0 spiro atoms. The summed E-state index contributed by atoms with van der Waals surface area (Å²) in [5.74, 6) is 0. The largest absolute Gasteiger partial charge is 0.367 e. The number of nitriles is 1. The number of benzene rings is 2. The first-order chi connectivity index (χ1) is 11.3. The van der Waals surface area contributed by atoms with E-state index in [4.69, 9.17) is 0 Å². The predicted molar refractivity (Wildman–Crippen MR) is 89.2 cm³/mol. The summed E-state index contributed by atoms with van der Waals surface area (Å²) in [6.07, 6.45) is 1.12. The molecule has 23 heavy (non-hydrogen) atoms. The molecule has 0 amide bonds. The summed E-state index contributed by atoms with van der Waals surface area (Å²) < 4.78 is 0. The van der Waals surface area contributed by atoms with Crippen LogP contribution in [0.25, 0.3) is 0 Å². The van der Waals surface area contributed by atoms with Crippen LogP contribution < -0.4 is 21.3 Å². The zero-order valence-corrected chi connectivity index (χ0v) is 12.8. The van der Waals surface area contributed by atoms with Crippen molar-refractivity contribution in [2.75, 3.05) is 11.4 Å². The summed E-state index contributed by atoms with van der Waals surface area (Å²) >= 11 is 0. The van der Waals surface area contributed by atoms with Crippen molar-refractivity contribution >= 4 is 5.69 Å². The van der Waals surface area contributed by atoms with Crippen LogP contribution in [0.3, 0.4) is 0 Å². The zero-order valence-electron chi connectivity index (χ0n) is 12.8. The highest BCUT2D eigenvalue weighted by Crippen LogP contribution is 2.29. The van der Waals surface area contributed by atoms with Crippen LogP contribution in [0.4, 0.5) is 5.69 Å². The Morgan fingerprint density at radius 2 is 2.04 bits per heavy atom. The molecule has 2 aliphatic rings. The Balaban J connectivity index is 1.55. The summed E-state index contributed by atoms with van der Waals surface area (Å²) in [5.41, 5.74) is 14.1. The minimum absolute atomic E-state index is 0.0363.